The molecule has 64 valence electrons. The van der Waals surface area contributed by atoms with Crippen LogP contribution in [0.1, 0.15) is 6.42 Å². The molecule has 0 aromatic carbocycles. The van der Waals surface area contributed by atoms with E-state index in [9.17, 15) is 4.79 Å². The van der Waals surface area contributed by atoms with Gasteiger partial charge in [-0.15, -0.1) is 0 Å². The van der Waals surface area contributed by atoms with Crippen molar-refractivity contribution in [1.29, 1.82) is 0 Å². The molecule has 0 spiro atoms. The molecule has 1 heterocycles. The molecule has 0 bridgehead atoms. The van der Waals surface area contributed by atoms with E-state index in [1.54, 1.807) is 0 Å². The number of aliphatic carboxylic acids is 1. The van der Waals surface area contributed by atoms with E-state index < -0.39 is 18.4 Å². The van der Waals surface area contributed by atoms with Crippen molar-refractivity contribution in [2.24, 2.45) is 0 Å². The maximum absolute atomic E-state index is 10.2. The van der Waals surface area contributed by atoms with Gasteiger partial charge in [-0.1, -0.05) is 0 Å². The molecule has 0 saturated carbocycles. The minimum atomic E-state index is -1.56. The van der Waals surface area contributed by atoms with Crippen LogP contribution in [0.25, 0.3) is 0 Å². The molecule has 0 amide bonds. The summed E-state index contributed by atoms with van der Waals surface area (Å²) in [5.74, 6) is -2.65. The standard InChI is InChI=1S/C5H8O6/c1-8-5(2-4(6)7)9-3-10-11-5/h2-3H2,1H3,(H,6,7). The van der Waals surface area contributed by atoms with Crippen molar-refractivity contribution in [1.82, 2.24) is 0 Å². The van der Waals surface area contributed by atoms with Crippen LogP contribution in [0.2, 0.25) is 0 Å². The first-order valence-electron chi connectivity index (χ1n) is 2.90. The van der Waals surface area contributed by atoms with Crippen LogP contribution < -0.4 is 0 Å². The molecule has 1 unspecified atom stereocenters. The van der Waals surface area contributed by atoms with E-state index in [4.69, 9.17) is 9.84 Å². The van der Waals surface area contributed by atoms with Crippen LogP contribution in [0.15, 0.2) is 0 Å². The lowest BCUT2D eigenvalue weighted by molar-refractivity contribution is -0.406. The van der Waals surface area contributed by atoms with Crippen LogP contribution in [0.5, 0.6) is 0 Å². The minimum Gasteiger partial charge on any atom is -0.481 e. The van der Waals surface area contributed by atoms with E-state index in [0.717, 1.165) is 0 Å². The molecule has 1 aliphatic rings. The van der Waals surface area contributed by atoms with E-state index >= 15 is 0 Å². The summed E-state index contributed by atoms with van der Waals surface area (Å²) in [6, 6.07) is 0. The molecular formula is C5H8O6. The van der Waals surface area contributed by atoms with Gasteiger partial charge in [0.05, 0.1) is 0 Å². The summed E-state index contributed by atoms with van der Waals surface area (Å²) in [6.45, 7) is -0.124. The van der Waals surface area contributed by atoms with Gasteiger partial charge in [0.25, 0.3) is 0 Å². The summed E-state index contributed by atoms with van der Waals surface area (Å²) in [4.78, 5) is 19.0. The summed E-state index contributed by atoms with van der Waals surface area (Å²) in [5.41, 5.74) is 0. The van der Waals surface area contributed by atoms with Gasteiger partial charge in [0.1, 0.15) is 6.42 Å². The minimum absolute atomic E-state index is 0.124. The summed E-state index contributed by atoms with van der Waals surface area (Å²) >= 11 is 0. The molecule has 0 aliphatic carbocycles. The van der Waals surface area contributed by atoms with E-state index in [1.807, 2.05) is 0 Å². The lowest BCUT2D eigenvalue weighted by Crippen LogP contribution is -2.34. The Balaban J connectivity index is 2.52. The quantitative estimate of drug-likeness (QED) is 0.577. The monoisotopic (exact) mass is 164 g/mol. The second kappa shape index (κ2) is 3.14. The maximum atomic E-state index is 10.2. The number of hydrogen-bond donors (Lipinski definition) is 1. The number of carboxylic acid groups (broad SMARTS) is 1. The molecule has 1 rings (SSSR count). The Labute approximate surface area is 62.5 Å². The van der Waals surface area contributed by atoms with Crippen molar-refractivity contribution in [3.8, 4) is 0 Å². The van der Waals surface area contributed by atoms with Gasteiger partial charge < -0.3 is 9.84 Å². The average molecular weight is 164 g/mol. The SMILES string of the molecule is COC1(CC(=O)O)OCOO1. The zero-order valence-electron chi connectivity index (χ0n) is 5.90. The van der Waals surface area contributed by atoms with Gasteiger partial charge in [-0.2, -0.15) is 4.89 Å². The molecule has 11 heavy (non-hydrogen) atoms. The maximum Gasteiger partial charge on any atom is 0.324 e. The Hall–Kier alpha value is -0.690. The fraction of sp³-hybridized carbons (Fsp3) is 0.800. The van der Waals surface area contributed by atoms with Gasteiger partial charge in [-0.25, -0.2) is 4.89 Å². The third-order valence-corrected chi connectivity index (χ3v) is 1.19. The lowest BCUT2D eigenvalue weighted by Gasteiger charge is -2.19. The number of methoxy groups -OCH3 is 1. The molecular weight excluding hydrogens is 156 g/mol. The molecule has 0 aromatic rings. The Morgan fingerprint density at radius 3 is 2.91 bits per heavy atom. The van der Waals surface area contributed by atoms with Gasteiger partial charge in [-0.05, 0) is 0 Å². The molecule has 0 radical (unpaired) electrons. The highest BCUT2D eigenvalue weighted by molar-refractivity contribution is 5.67. The highest BCUT2D eigenvalue weighted by atomic mass is 17.3. The Bertz CT molecular complexity index is 149. The Morgan fingerprint density at radius 1 is 1.82 bits per heavy atom. The third-order valence-electron chi connectivity index (χ3n) is 1.19. The van der Waals surface area contributed by atoms with Crippen LogP contribution in [0.4, 0.5) is 0 Å². The second-order valence-corrected chi connectivity index (χ2v) is 1.92. The molecule has 1 atom stereocenters. The Kier molecular flexibility index (Phi) is 2.40. The first-order chi connectivity index (χ1) is 5.18. The fourth-order valence-electron chi connectivity index (χ4n) is 0.683. The van der Waals surface area contributed by atoms with Crippen LogP contribution in [-0.2, 0) is 24.0 Å². The van der Waals surface area contributed by atoms with Gasteiger partial charge in [0.2, 0.25) is 0 Å². The van der Waals surface area contributed by atoms with E-state index in [2.05, 4.69) is 14.5 Å². The van der Waals surface area contributed by atoms with E-state index in [0.29, 0.717) is 0 Å². The third kappa shape index (κ3) is 1.87. The molecule has 0 aromatic heterocycles. The fourth-order valence-corrected chi connectivity index (χ4v) is 0.683. The second-order valence-electron chi connectivity index (χ2n) is 1.92. The smallest absolute Gasteiger partial charge is 0.324 e. The predicted molar refractivity (Wildman–Crippen MR) is 30.1 cm³/mol. The van der Waals surface area contributed by atoms with Crippen LogP contribution in [0, 0.1) is 0 Å². The highest BCUT2D eigenvalue weighted by Gasteiger charge is 2.41. The van der Waals surface area contributed by atoms with Crippen LogP contribution >= 0.6 is 0 Å². The van der Waals surface area contributed by atoms with Crippen molar-refractivity contribution in [3.63, 3.8) is 0 Å². The summed E-state index contributed by atoms with van der Waals surface area (Å²) in [6.07, 6.45) is -0.413. The van der Waals surface area contributed by atoms with Crippen molar-refractivity contribution in [3.05, 3.63) is 0 Å². The van der Waals surface area contributed by atoms with Gasteiger partial charge >= 0.3 is 11.9 Å². The number of carbonyl (C=O) groups is 1. The number of carboxylic acids is 1. The zero-order chi connectivity index (χ0) is 8.32. The van der Waals surface area contributed by atoms with Crippen molar-refractivity contribution in [2.45, 2.75) is 12.4 Å². The predicted octanol–water partition coefficient (Wildman–Crippen LogP) is -0.303. The topological polar surface area (TPSA) is 74.2 Å². The number of hydrogen-bond acceptors (Lipinski definition) is 5. The van der Waals surface area contributed by atoms with Crippen molar-refractivity contribution < 1.29 is 29.1 Å². The molecule has 1 N–H and O–H groups in total. The lowest BCUT2D eigenvalue weighted by atomic mass is 10.4. The largest absolute Gasteiger partial charge is 0.481 e. The van der Waals surface area contributed by atoms with Crippen LogP contribution in [-0.4, -0.2) is 31.0 Å². The number of rotatable bonds is 3. The van der Waals surface area contributed by atoms with E-state index in [1.165, 1.54) is 7.11 Å². The molecule has 6 nitrogen and oxygen atoms in total. The summed E-state index contributed by atoms with van der Waals surface area (Å²) in [7, 11) is 1.28. The summed E-state index contributed by atoms with van der Waals surface area (Å²) < 4.78 is 9.41. The van der Waals surface area contributed by atoms with E-state index in [-0.39, 0.29) is 6.79 Å². The first kappa shape index (κ1) is 8.41. The normalized spacial score (nSPS) is 30.6. The zero-order valence-corrected chi connectivity index (χ0v) is 5.90. The molecule has 1 saturated heterocycles. The van der Waals surface area contributed by atoms with Crippen molar-refractivity contribution in [2.75, 3.05) is 13.9 Å². The van der Waals surface area contributed by atoms with Gasteiger partial charge in [-0.3, -0.25) is 9.53 Å². The molecule has 1 fully saturated rings. The summed E-state index contributed by atoms with van der Waals surface area (Å²) in [5, 5.41) is 8.37. The number of ether oxygens (including phenoxy) is 2. The van der Waals surface area contributed by atoms with Crippen LogP contribution in [0.3, 0.4) is 0 Å². The van der Waals surface area contributed by atoms with Gasteiger partial charge in [0.15, 0.2) is 6.79 Å². The average Bonchev–Trinajstić information content (AvgIpc) is 2.36. The first-order valence-corrected chi connectivity index (χ1v) is 2.90. The Morgan fingerprint density at radius 2 is 2.55 bits per heavy atom. The van der Waals surface area contributed by atoms with Crippen molar-refractivity contribution >= 4 is 5.97 Å². The van der Waals surface area contributed by atoms with Gasteiger partial charge in [0, 0.05) is 7.11 Å². The highest BCUT2D eigenvalue weighted by Crippen LogP contribution is 2.24. The molecule has 1 aliphatic heterocycles. The molecule has 6 heteroatoms.